The minimum Gasteiger partial charge on any atom is -0.396 e. The molecule has 0 aliphatic carbocycles. The van der Waals surface area contributed by atoms with Gasteiger partial charge >= 0.3 is 0 Å². The quantitative estimate of drug-likeness (QED) is 0.336. The molecule has 154 valence electrons. The number of aliphatic hydroxyl groups excluding tert-OH is 1. The molecule has 0 saturated heterocycles. The van der Waals surface area contributed by atoms with E-state index in [1.807, 2.05) is 6.92 Å². The topological polar surface area (TPSA) is 103 Å². The lowest BCUT2D eigenvalue weighted by Crippen LogP contribution is -2.43. The van der Waals surface area contributed by atoms with Gasteiger partial charge in [0, 0.05) is 19.7 Å². The van der Waals surface area contributed by atoms with Gasteiger partial charge in [-0.1, -0.05) is 26.0 Å². The number of aliphatic hydroxyl groups is 1. The molecule has 0 aliphatic heterocycles. The summed E-state index contributed by atoms with van der Waals surface area (Å²) >= 11 is 0. The van der Waals surface area contributed by atoms with Gasteiger partial charge in [-0.05, 0) is 56.3 Å². The zero-order valence-corrected chi connectivity index (χ0v) is 17.7. The van der Waals surface area contributed by atoms with Crippen molar-refractivity contribution in [2.24, 2.45) is 10.4 Å². The van der Waals surface area contributed by atoms with Crippen molar-refractivity contribution in [2.75, 3.05) is 26.7 Å². The number of hydrogen-bond donors (Lipinski definition) is 4. The average molecular weight is 399 g/mol. The van der Waals surface area contributed by atoms with Gasteiger partial charge in [0.1, 0.15) is 0 Å². The van der Waals surface area contributed by atoms with Crippen LogP contribution in [0.1, 0.15) is 45.6 Å². The molecule has 0 fully saturated rings. The van der Waals surface area contributed by atoms with Crippen LogP contribution in [-0.2, 0) is 16.6 Å². The molecular weight excluding hydrogens is 364 g/mol. The van der Waals surface area contributed by atoms with Gasteiger partial charge in [-0.15, -0.1) is 0 Å². The molecule has 0 unspecified atom stereocenters. The highest BCUT2D eigenvalue weighted by Gasteiger charge is 2.25. The maximum absolute atomic E-state index is 11.8. The number of rotatable bonds is 11. The molecule has 1 aromatic carbocycles. The predicted molar refractivity (Wildman–Crippen MR) is 110 cm³/mol. The Morgan fingerprint density at radius 3 is 2.22 bits per heavy atom. The van der Waals surface area contributed by atoms with E-state index in [-0.39, 0.29) is 16.9 Å². The largest absolute Gasteiger partial charge is 0.396 e. The van der Waals surface area contributed by atoms with Gasteiger partial charge in [-0.3, -0.25) is 0 Å². The van der Waals surface area contributed by atoms with E-state index in [0.717, 1.165) is 37.9 Å². The lowest BCUT2D eigenvalue weighted by atomic mass is 9.79. The van der Waals surface area contributed by atoms with Crippen LogP contribution in [0.3, 0.4) is 0 Å². The second-order valence-electron chi connectivity index (χ2n) is 6.58. The maximum atomic E-state index is 11.8. The van der Waals surface area contributed by atoms with Gasteiger partial charge in [-0.2, -0.15) is 0 Å². The molecule has 0 bridgehead atoms. The van der Waals surface area contributed by atoms with E-state index < -0.39 is 10.0 Å². The summed E-state index contributed by atoms with van der Waals surface area (Å²) in [5.41, 5.74) is 0.976. The summed E-state index contributed by atoms with van der Waals surface area (Å²) in [5, 5.41) is 16.0. The van der Waals surface area contributed by atoms with Crippen LogP contribution in [0, 0.1) is 5.41 Å². The molecular formula is C19H34N4O3S. The van der Waals surface area contributed by atoms with E-state index in [4.69, 9.17) is 0 Å². The summed E-state index contributed by atoms with van der Waals surface area (Å²) in [6.07, 6.45) is 2.73. The van der Waals surface area contributed by atoms with Crippen LogP contribution >= 0.6 is 0 Å². The van der Waals surface area contributed by atoms with Crippen molar-refractivity contribution in [3.05, 3.63) is 29.8 Å². The molecule has 7 nitrogen and oxygen atoms in total. The lowest BCUT2D eigenvalue weighted by molar-refractivity contribution is 0.169. The van der Waals surface area contributed by atoms with Crippen molar-refractivity contribution in [1.29, 1.82) is 0 Å². The van der Waals surface area contributed by atoms with E-state index >= 15 is 0 Å². The minimum atomic E-state index is -3.42. The number of nitrogens with zero attached hydrogens (tertiary/aromatic N) is 1. The highest BCUT2D eigenvalue weighted by atomic mass is 32.2. The molecule has 0 aromatic heterocycles. The number of hydrogen-bond acceptors (Lipinski definition) is 4. The molecule has 0 spiro atoms. The zero-order valence-electron chi connectivity index (χ0n) is 16.9. The molecule has 0 saturated carbocycles. The third-order valence-electron chi connectivity index (χ3n) is 5.04. The Labute approximate surface area is 163 Å². The molecule has 0 radical (unpaired) electrons. The van der Waals surface area contributed by atoms with Crippen LogP contribution < -0.4 is 15.4 Å². The summed E-state index contributed by atoms with van der Waals surface area (Å²) in [4.78, 5) is 4.83. The Morgan fingerprint density at radius 1 is 1.11 bits per heavy atom. The summed E-state index contributed by atoms with van der Waals surface area (Å²) in [7, 11) is -2.03. The van der Waals surface area contributed by atoms with Gasteiger partial charge < -0.3 is 15.7 Å². The fourth-order valence-corrected chi connectivity index (χ4v) is 3.58. The van der Waals surface area contributed by atoms with Crippen LogP contribution in [0.5, 0.6) is 0 Å². The van der Waals surface area contributed by atoms with Crippen LogP contribution in [0.25, 0.3) is 0 Å². The zero-order chi connectivity index (χ0) is 20.3. The number of nitrogens with one attached hydrogen (secondary N) is 3. The standard InChI is InChI=1S/C19H34N4O3S/c1-5-19(6-2,12-13-24)15-23-18(21-7-3)22-14-16-8-10-17(11-9-16)27(25,26)20-4/h8-11,20,24H,5-7,12-15H2,1-4H3,(H2,21,22,23). The smallest absolute Gasteiger partial charge is 0.240 e. The fourth-order valence-electron chi connectivity index (χ4n) is 2.85. The summed E-state index contributed by atoms with van der Waals surface area (Å²) in [6, 6.07) is 6.70. The number of guanidine groups is 1. The molecule has 0 aliphatic rings. The Kier molecular flexibility index (Phi) is 9.76. The first kappa shape index (κ1) is 23.4. The van der Waals surface area contributed by atoms with E-state index in [9.17, 15) is 13.5 Å². The molecule has 8 heteroatoms. The number of benzene rings is 1. The van der Waals surface area contributed by atoms with Crippen molar-refractivity contribution >= 4 is 16.0 Å². The van der Waals surface area contributed by atoms with Crippen molar-refractivity contribution in [2.45, 2.75) is 51.5 Å². The second-order valence-corrected chi connectivity index (χ2v) is 8.47. The molecule has 4 N–H and O–H groups in total. The average Bonchev–Trinajstić information content (AvgIpc) is 2.69. The third-order valence-corrected chi connectivity index (χ3v) is 6.47. The van der Waals surface area contributed by atoms with Crippen LogP contribution in [0.4, 0.5) is 0 Å². The highest BCUT2D eigenvalue weighted by Crippen LogP contribution is 2.29. The van der Waals surface area contributed by atoms with Gasteiger partial charge in [-0.25, -0.2) is 18.1 Å². The second kappa shape index (κ2) is 11.3. The Hall–Kier alpha value is -1.64. The van der Waals surface area contributed by atoms with Gasteiger partial charge in [0.2, 0.25) is 10.0 Å². The summed E-state index contributed by atoms with van der Waals surface area (Å²) in [5.74, 6) is 0.716. The third kappa shape index (κ3) is 7.12. The van der Waals surface area contributed by atoms with Crippen LogP contribution in [0.2, 0.25) is 0 Å². The van der Waals surface area contributed by atoms with E-state index in [2.05, 4.69) is 34.2 Å². The van der Waals surface area contributed by atoms with Gasteiger partial charge in [0.15, 0.2) is 5.96 Å². The van der Waals surface area contributed by atoms with Crippen molar-refractivity contribution in [3.63, 3.8) is 0 Å². The number of aliphatic imine (C=N–C) groups is 1. The lowest BCUT2D eigenvalue weighted by Gasteiger charge is -2.32. The van der Waals surface area contributed by atoms with Crippen molar-refractivity contribution < 1.29 is 13.5 Å². The fraction of sp³-hybridized carbons (Fsp3) is 0.632. The first-order valence-electron chi connectivity index (χ1n) is 9.52. The van der Waals surface area contributed by atoms with Crippen LogP contribution in [0.15, 0.2) is 34.2 Å². The molecule has 27 heavy (non-hydrogen) atoms. The highest BCUT2D eigenvalue weighted by molar-refractivity contribution is 7.89. The molecule has 0 heterocycles. The van der Waals surface area contributed by atoms with Gasteiger partial charge in [0.05, 0.1) is 11.4 Å². The molecule has 0 atom stereocenters. The Bertz CT molecular complexity index is 683. The molecule has 0 amide bonds. The van der Waals surface area contributed by atoms with E-state index in [0.29, 0.717) is 12.5 Å². The SMILES string of the molecule is CCNC(=NCc1ccc(S(=O)(=O)NC)cc1)NCC(CC)(CC)CCO. The van der Waals surface area contributed by atoms with Crippen molar-refractivity contribution in [1.82, 2.24) is 15.4 Å². The van der Waals surface area contributed by atoms with E-state index in [1.165, 1.54) is 7.05 Å². The van der Waals surface area contributed by atoms with Crippen LogP contribution in [-0.4, -0.2) is 46.2 Å². The first-order chi connectivity index (χ1) is 12.9. The van der Waals surface area contributed by atoms with Crippen molar-refractivity contribution in [3.8, 4) is 0 Å². The Morgan fingerprint density at radius 2 is 1.74 bits per heavy atom. The summed E-state index contributed by atoms with van der Waals surface area (Å²) < 4.78 is 25.9. The van der Waals surface area contributed by atoms with Gasteiger partial charge in [0.25, 0.3) is 0 Å². The monoisotopic (exact) mass is 398 g/mol. The Balaban J connectivity index is 2.81. The maximum Gasteiger partial charge on any atom is 0.240 e. The predicted octanol–water partition coefficient (Wildman–Crippen LogP) is 1.84. The molecule has 1 rings (SSSR count). The van der Waals surface area contributed by atoms with E-state index in [1.54, 1.807) is 24.3 Å². The minimum absolute atomic E-state index is 0.0497. The first-order valence-corrected chi connectivity index (χ1v) is 11.0. The molecule has 1 aromatic rings. The summed E-state index contributed by atoms with van der Waals surface area (Å²) in [6.45, 7) is 8.41. The normalized spacial score (nSPS) is 12.9. The number of sulfonamides is 1.